The molecule has 0 aromatic carbocycles. The van der Waals surface area contributed by atoms with E-state index < -0.39 is 0 Å². The lowest BCUT2D eigenvalue weighted by Crippen LogP contribution is -2.22. The van der Waals surface area contributed by atoms with Crippen LogP contribution in [0, 0.1) is 11.8 Å². The Labute approximate surface area is 86.2 Å². The Morgan fingerprint density at radius 2 is 2.43 bits per heavy atom. The van der Waals surface area contributed by atoms with Crippen molar-refractivity contribution in [1.29, 1.82) is 0 Å². The second-order valence-corrected chi connectivity index (χ2v) is 4.21. The Bertz CT molecular complexity index is 176. The number of hydrogen-bond acceptors (Lipinski definition) is 3. The maximum Gasteiger partial charge on any atom is 0.310 e. The van der Waals surface area contributed by atoms with E-state index in [4.69, 9.17) is 4.74 Å². The van der Waals surface area contributed by atoms with Crippen LogP contribution in [0.2, 0.25) is 0 Å². The molecule has 2 atom stereocenters. The normalized spacial score (nSPS) is 23.4. The van der Waals surface area contributed by atoms with E-state index in [1.807, 2.05) is 0 Å². The Morgan fingerprint density at radius 3 is 3.00 bits per heavy atom. The molecule has 0 radical (unpaired) electrons. The fourth-order valence-electron chi connectivity index (χ4n) is 1.77. The van der Waals surface area contributed by atoms with Gasteiger partial charge < -0.3 is 10.1 Å². The molecule has 0 spiro atoms. The Morgan fingerprint density at radius 1 is 1.64 bits per heavy atom. The molecule has 1 heterocycles. The minimum absolute atomic E-state index is 0.0158. The standard InChI is InChI=1S/C11H21NO2/c1-3-4-9(2)8-14-11(13)10-5-6-12-7-10/h9-10,12H,3-8H2,1-2H3. The van der Waals surface area contributed by atoms with Gasteiger partial charge >= 0.3 is 5.97 Å². The number of hydrogen-bond donors (Lipinski definition) is 1. The van der Waals surface area contributed by atoms with E-state index in [0.717, 1.165) is 32.4 Å². The van der Waals surface area contributed by atoms with Gasteiger partial charge in [0, 0.05) is 6.54 Å². The van der Waals surface area contributed by atoms with E-state index in [-0.39, 0.29) is 11.9 Å². The first-order valence-corrected chi connectivity index (χ1v) is 5.61. The average Bonchev–Trinajstić information content (AvgIpc) is 2.67. The predicted molar refractivity (Wildman–Crippen MR) is 56.0 cm³/mol. The molecule has 82 valence electrons. The van der Waals surface area contributed by atoms with Gasteiger partial charge in [0.15, 0.2) is 0 Å². The zero-order valence-corrected chi connectivity index (χ0v) is 9.21. The van der Waals surface area contributed by atoms with E-state index in [1.54, 1.807) is 0 Å². The van der Waals surface area contributed by atoms with E-state index in [9.17, 15) is 4.79 Å². The van der Waals surface area contributed by atoms with Crippen molar-refractivity contribution in [2.45, 2.75) is 33.1 Å². The lowest BCUT2D eigenvalue weighted by atomic mass is 10.1. The van der Waals surface area contributed by atoms with Crippen molar-refractivity contribution in [3.8, 4) is 0 Å². The topological polar surface area (TPSA) is 38.3 Å². The lowest BCUT2D eigenvalue weighted by molar-refractivity contribution is -0.149. The van der Waals surface area contributed by atoms with Crippen LogP contribution in [0.25, 0.3) is 0 Å². The molecule has 0 aromatic heterocycles. The molecule has 0 aliphatic carbocycles. The molecule has 1 aliphatic rings. The SMILES string of the molecule is CCCC(C)COC(=O)C1CCNC1. The molecule has 0 aromatic rings. The summed E-state index contributed by atoms with van der Waals surface area (Å²) in [5.74, 6) is 0.583. The Kier molecular flexibility index (Phi) is 4.94. The molecule has 1 N–H and O–H groups in total. The average molecular weight is 199 g/mol. The monoisotopic (exact) mass is 199 g/mol. The van der Waals surface area contributed by atoms with Gasteiger partial charge in [-0.1, -0.05) is 20.3 Å². The van der Waals surface area contributed by atoms with Crippen LogP contribution in [0.5, 0.6) is 0 Å². The van der Waals surface area contributed by atoms with Crippen molar-refractivity contribution < 1.29 is 9.53 Å². The summed E-state index contributed by atoms with van der Waals surface area (Å²) in [6.07, 6.45) is 3.22. The van der Waals surface area contributed by atoms with E-state index >= 15 is 0 Å². The number of carbonyl (C=O) groups excluding carboxylic acids is 1. The van der Waals surface area contributed by atoms with Crippen molar-refractivity contribution in [2.24, 2.45) is 11.8 Å². The highest BCUT2D eigenvalue weighted by Gasteiger charge is 2.23. The summed E-state index contributed by atoms with van der Waals surface area (Å²) >= 11 is 0. The summed E-state index contributed by atoms with van der Waals surface area (Å²) in [5.41, 5.74) is 0. The first-order valence-electron chi connectivity index (χ1n) is 5.61. The number of ether oxygens (including phenoxy) is 1. The summed E-state index contributed by atoms with van der Waals surface area (Å²) in [4.78, 5) is 11.5. The maximum atomic E-state index is 11.5. The quantitative estimate of drug-likeness (QED) is 0.683. The second kappa shape index (κ2) is 6.02. The molecular formula is C11H21NO2. The number of rotatable bonds is 5. The molecular weight excluding hydrogens is 178 g/mol. The van der Waals surface area contributed by atoms with Crippen LogP contribution in [-0.4, -0.2) is 25.7 Å². The fourth-order valence-corrected chi connectivity index (χ4v) is 1.77. The zero-order chi connectivity index (χ0) is 10.4. The Balaban J connectivity index is 2.13. The van der Waals surface area contributed by atoms with Crippen molar-refractivity contribution in [1.82, 2.24) is 5.32 Å². The third kappa shape index (κ3) is 3.66. The second-order valence-electron chi connectivity index (χ2n) is 4.21. The van der Waals surface area contributed by atoms with E-state index in [1.165, 1.54) is 0 Å². The van der Waals surface area contributed by atoms with Crippen molar-refractivity contribution in [3.63, 3.8) is 0 Å². The minimum atomic E-state index is -0.0158. The third-order valence-electron chi connectivity index (χ3n) is 2.69. The van der Waals surface area contributed by atoms with Gasteiger partial charge in [0.1, 0.15) is 0 Å². The van der Waals surface area contributed by atoms with Crippen LogP contribution in [0.15, 0.2) is 0 Å². The van der Waals surface area contributed by atoms with Crippen LogP contribution in [0.4, 0.5) is 0 Å². The van der Waals surface area contributed by atoms with Crippen molar-refractivity contribution in [3.05, 3.63) is 0 Å². The minimum Gasteiger partial charge on any atom is -0.465 e. The zero-order valence-electron chi connectivity index (χ0n) is 9.21. The summed E-state index contributed by atoms with van der Waals surface area (Å²) in [6, 6.07) is 0. The number of esters is 1. The molecule has 1 fully saturated rings. The van der Waals surface area contributed by atoms with Gasteiger partial charge in [0.05, 0.1) is 12.5 Å². The van der Waals surface area contributed by atoms with Gasteiger partial charge in [0.25, 0.3) is 0 Å². The van der Waals surface area contributed by atoms with E-state index in [0.29, 0.717) is 12.5 Å². The molecule has 2 unspecified atom stereocenters. The first kappa shape index (κ1) is 11.5. The summed E-state index contributed by atoms with van der Waals surface area (Å²) in [5, 5.41) is 3.17. The maximum absolute atomic E-state index is 11.5. The third-order valence-corrected chi connectivity index (χ3v) is 2.69. The van der Waals surface area contributed by atoms with Gasteiger partial charge in [-0.15, -0.1) is 0 Å². The van der Waals surface area contributed by atoms with Crippen LogP contribution in [0.3, 0.4) is 0 Å². The molecule has 3 heteroatoms. The van der Waals surface area contributed by atoms with E-state index in [2.05, 4.69) is 19.2 Å². The molecule has 1 rings (SSSR count). The first-order chi connectivity index (χ1) is 6.74. The molecule has 3 nitrogen and oxygen atoms in total. The molecule has 0 amide bonds. The van der Waals surface area contributed by atoms with Crippen LogP contribution in [-0.2, 0) is 9.53 Å². The van der Waals surface area contributed by atoms with Gasteiger partial charge in [-0.25, -0.2) is 0 Å². The van der Waals surface area contributed by atoms with Crippen LogP contribution in [0.1, 0.15) is 33.1 Å². The number of nitrogens with one attached hydrogen (secondary N) is 1. The lowest BCUT2D eigenvalue weighted by Gasteiger charge is -2.13. The van der Waals surface area contributed by atoms with Crippen molar-refractivity contribution >= 4 is 5.97 Å². The van der Waals surface area contributed by atoms with Crippen LogP contribution >= 0.6 is 0 Å². The highest BCUT2D eigenvalue weighted by atomic mass is 16.5. The highest BCUT2D eigenvalue weighted by Crippen LogP contribution is 2.11. The Hall–Kier alpha value is -0.570. The van der Waals surface area contributed by atoms with Crippen LogP contribution < -0.4 is 5.32 Å². The summed E-state index contributed by atoms with van der Waals surface area (Å²) < 4.78 is 5.26. The number of carbonyl (C=O) groups is 1. The fraction of sp³-hybridized carbons (Fsp3) is 0.909. The van der Waals surface area contributed by atoms with Crippen molar-refractivity contribution in [2.75, 3.05) is 19.7 Å². The highest BCUT2D eigenvalue weighted by molar-refractivity contribution is 5.73. The molecule has 1 saturated heterocycles. The van der Waals surface area contributed by atoms with Gasteiger partial charge in [-0.05, 0) is 25.3 Å². The molecule has 0 saturated carbocycles. The summed E-state index contributed by atoms with van der Waals surface area (Å²) in [7, 11) is 0. The largest absolute Gasteiger partial charge is 0.465 e. The molecule has 14 heavy (non-hydrogen) atoms. The summed E-state index contributed by atoms with van der Waals surface area (Å²) in [6.45, 7) is 6.61. The van der Waals surface area contributed by atoms with Gasteiger partial charge in [-0.3, -0.25) is 4.79 Å². The molecule has 0 bridgehead atoms. The molecule has 1 aliphatic heterocycles. The smallest absolute Gasteiger partial charge is 0.310 e. The van der Waals surface area contributed by atoms with Gasteiger partial charge in [0.2, 0.25) is 0 Å². The predicted octanol–water partition coefficient (Wildman–Crippen LogP) is 1.58. The van der Waals surface area contributed by atoms with Gasteiger partial charge in [-0.2, -0.15) is 0 Å².